The molecule has 1 atom stereocenters. The molecule has 1 aliphatic heterocycles. The van der Waals surface area contributed by atoms with E-state index in [0.717, 1.165) is 51.1 Å². The second-order valence-electron chi connectivity index (χ2n) is 10.6. The molecule has 2 N–H and O–H groups in total. The lowest BCUT2D eigenvalue weighted by Crippen LogP contribution is -2.52. The molecule has 1 saturated heterocycles. The van der Waals surface area contributed by atoms with E-state index in [1.54, 1.807) is 13.0 Å². The van der Waals surface area contributed by atoms with E-state index in [4.69, 9.17) is 9.81 Å². The van der Waals surface area contributed by atoms with Gasteiger partial charge in [-0.1, -0.05) is 24.3 Å². The van der Waals surface area contributed by atoms with Crippen LogP contribution in [0.1, 0.15) is 61.8 Å². The van der Waals surface area contributed by atoms with E-state index >= 15 is 0 Å². The molecule has 1 spiro atoms. The molecule has 5 rings (SSSR count). The van der Waals surface area contributed by atoms with Crippen molar-refractivity contribution in [2.75, 3.05) is 37.3 Å². The minimum absolute atomic E-state index is 0.0422. The maximum Gasteiger partial charge on any atom is 0.261 e. The highest BCUT2D eigenvalue weighted by molar-refractivity contribution is 7.85. The number of rotatable bonds is 3. The summed E-state index contributed by atoms with van der Waals surface area (Å²) < 4.78 is 39.9. The number of carbonyl (C=O) groups is 1. The molecule has 2 fully saturated rings. The Hall–Kier alpha value is -3.00. The third-order valence-electron chi connectivity index (χ3n) is 8.06. The molecule has 2 aromatic rings. The average Bonchev–Trinajstić information content (AvgIpc) is 3.16. The normalized spacial score (nSPS) is 25.2. The fraction of sp³-hybridized carbons (Fsp3) is 0.500. The molecular weight excluding hydrogens is 507 g/mol. The predicted molar refractivity (Wildman–Crippen MR) is 144 cm³/mol. The molecule has 204 valence electrons. The molecule has 3 aliphatic rings. The van der Waals surface area contributed by atoms with E-state index in [-0.39, 0.29) is 22.9 Å². The molecule has 0 radical (unpaired) electrons. The van der Waals surface area contributed by atoms with Gasteiger partial charge >= 0.3 is 0 Å². The maximum absolute atomic E-state index is 14.0. The van der Waals surface area contributed by atoms with Crippen molar-refractivity contribution in [3.05, 3.63) is 65.0 Å². The molecule has 38 heavy (non-hydrogen) atoms. The minimum atomic E-state index is -3.67. The number of nitrogens with zero attached hydrogens (tertiary/aromatic N) is 3. The Morgan fingerprint density at radius 2 is 1.76 bits per heavy atom. The van der Waals surface area contributed by atoms with Gasteiger partial charge in [0.2, 0.25) is 5.91 Å². The first-order valence-corrected chi connectivity index (χ1v) is 14.8. The molecule has 1 heterocycles. The fourth-order valence-corrected chi connectivity index (χ4v) is 6.40. The average molecular weight is 543 g/mol. The number of nitriles is 1. The second kappa shape index (κ2) is 11.4. The van der Waals surface area contributed by atoms with Crippen molar-refractivity contribution in [3.8, 4) is 6.07 Å². The molecule has 2 aromatic carbocycles. The summed E-state index contributed by atoms with van der Waals surface area (Å²) in [5.41, 5.74) is 3.88. The highest BCUT2D eigenvalue weighted by Gasteiger charge is 2.46. The zero-order valence-corrected chi connectivity index (χ0v) is 22.7. The number of hydrogen-bond acceptors (Lipinski definition) is 6. The molecule has 8 nitrogen and oxygen atoms in total. The van der Waals surface area contributed by atoms with Crippen LogP contribution in [0.5, 0.6) is 0 Å². The third-order valence-corrected chi connectivity index (χ3v) is 8.06. The van der Waals surface area contributed by atoms with Gasteiger partial charge in [-0.25, -0.2) is 4.39 Å². The monoisotopic (exact) mass is 542 g/mol. The van der Waals surface area contributed by atoms with Crippen LogP contribution in [0.15, 0.2) is 42.5 Å². The number of fused-ring (bicyclic) bond motifs is 2. The third kappa shape index (κ3) is 6.52. The number of carbonyl (C=O) groups excluding carboxylic acids is 1. The van der Waals surface area contributed by atoms with Crippen LogP contribution in [-0.4, -0.2) is 62.3 Å². The second-order valence-corrected chi connectivity index (χ2v) is 12.1. The number of hydrogen-bond donors (Lipinski definition) is 2. The van der Waals surface area contributed by atoms with E-state index in [0.29, 0.717) is 12.3 Å². The fourth-order valence-electron chi connectivity index (χ4n) is 6.40. The van der Waals surface area contributed by atoms with Gasteiger partial charge in [0.25, 0.3) is 10.1 Å². The van der Waals surface area contributed by atoms with Gasteiger partial charge < -0.3 is 10.2 Å². The number of nitrogens with one attached hydrogen (secondary N) is 1. The van der Waals surface area contributed by atoms with E-state index in [9.17, 15) is 17.6 Å². The van der Waals surface area contributed by atoms with Gasteiger partial charge in [-0.05, 0) is 66.8 Å². The van der Waals surface area contributed by atoms with E-state index < -0.39 is 15.9 Å². The van der Waals surface area contributed by atoms with Crippen LogP contribution in [-0.2, 0) is 20.3 Å². The standard InChI is InChI=1S/C27H31FN4O.CH4O3S/c1-19(33)30-26-17-27(24-5-3-2-4-23(24)26)10-8-21(9-11-27)31-12-14-32(15-13-31)22-7-6-20(18-29)25(28)16-22;1-5(2,3)4/h2-7,16,21,26H,8-15,17H2,1H3,(H,30,33);1H3,(H,2,3,4). The van der Waals surface area contributed by atoms with Gasteiger partial charge in [0.05, 0.1) is 17.9 Å². The van der Waals surface area contributed by atoms with Gasteiger partial charge in [-0.2, -0.15) is 13.7 Å². The summed E-state index contributed by atoms with van der Waals surface area (Å²) in [4.78, 5) is 16.6. The molecule has 0 aromatic heterocycles. The first-order valence-electron chi connectivity index (χ1n) is 13.0. The van der Waals surface area contributed by atoms with Gasteiger partial charge in [0.1, 0.15) is 11.9 Å². The highest BCUT2D eigenvalue weighted by Crippen LogP contribution is 2.53. The minimum Gasteiger partial charge on any atom is -0.369 e. The van der Waals surface area contributed by atoms with Crippen molar-refractivity contribution in [2.24, 2.45) is 0 Å². The molecule has 1 unspecified atom stereocenters. The van der Waals surface area contributed by atoms with Crippen LogP contribution in [0, 0.1) is 17.1 Å². The predicted octanol–water partition coefficient (Wildman–Crippen LogP) is 3.78. The van der Waals surface area contributed by atoms with Crippen molar-refractivity contribution in [3.63, 3.8) is 0 Å². The van der Waals surface area contributed by atoms with Crippen LogP contribution >= 0.6 is 0 Å². The summed E-state index contributed by atoms with van der Waals surface area (Å²) in [5, 5.41) is 12.1. The molecule has 10 heteroatoms. The van der Waals surface area contributed by atoms with Crippen molar-refractivity contribution < 1.29 is 22.2 Å². The lowest BCUT2D eigenvalue weighted by atomic mass is 9.68. The Balaban J connectivity index is 0.000000617. The summed E-state index contributed by atoms with van der Waals surface area (Å²) >= 11 is 0. The summed E-state index contributed by atoms with van der Waals surface area (Å²) in [5.74, 6) is -0.398. The highest BCUT2D eigenvalue weighted by atomic mass is 32.2. The largest absolute Gasteiger partial charge is 0.369 e. The number of anilines is 1. The smallest absolute Gasteiger partial charge is 0.261 e. The Morgan fingerprint density at radius 1 is 1.13 bits per heavy atom. The molecule has 1 saturated carbocycles. The maximum atomic E-state index is 14.0. The van der Waals surface area contributed by atoms with Gasteiger partial charge in [-0.3, -0.25) is 14.2 Å². The number of piperazine rings is 1. The van der Waals surface area contributed by atoms with Crippen molar-refractivity contribution in [1.82, 2.24) is 10.2 Å². The Labute approximate surface area is 224 Å². The first kappa shape index (κ1) is 28.0. The van der Waals surface area contributed by atoms with Gasteiger partial charge in [0.15, 0.2) is 0 Å². The van der Waals surface area contributed by atoms with Crippen molar-refractivity contribution >= 4 is 21.7 Å². The lowest BCUT2D eigenvalue weighted by molar-refractivity contribution is -0.119. The topological polar surface area (TPSA) is 114 Å². The van der Waals surface area contributed by atoms with Crippen LogP contribution in [0.4, 0.5) is 10.1 Å². The van der Waals surface area contributed by atoms with E-state index in [1.165, 1.54) is 30.0 Å². The summed E-state index contributed by atoms with van der Waals surface area (Å²) in [6.45, 7) is 5.31. The number of halogens is 1. The van der Waals surface area contributed by atoms with Gasteiger partial charge in [0, 0.05) is 44.8 Å². The van der Waals surface area contributed by atoms with Crippen LogP contribution in [0.2, 0.25) is 0 Å². The van der Waals surface area contributed by atoms with E-state index in [1.807, 2.05) is 12.1 Å². The van der Waals surface area contributed by atoms with E-state index in [2.05, 4.69) is 39.4 Å². The lowest BCUT2D eigenvalue weighted by Gasteiger charge is -2.45. The first-order chi connectivity index (χ1) is 18.0. The number of amides is 1. The summed E-state index contributed by atoms with van der Waals surface area (Å²) in [7, 11) is -3.67. The SMILES string of the molecule is CC(=O)NC1CC2(CCC(N3CCN(c4ccc(C#N)c(F)c4)CC3)CC2)c2ccccc21.CS(=O)(=O)O. The molecule has 2 aliphatic carbocycles. The molecule has 0 bridgehead atoms. The van der Waals surface area contributed by atoms with Crippen molar-refractivity contribution in [2.45, 2.75) is 56.5 Å². The van der Waals surface area contributed by atoms with Crippen LogP contribution in [0.25, 0.3) is 0 Å². The van der Waals surface area contributed by atoms with Crippen molar-refractivity contribution in [1.29, 1.82) is 5.26 Å². The Morgan fingerprint density at radius 3 is 2.34 bits per heavy atom. The quantitative estimate of drug-likeness (QED) is 0.568. The van der Waals surface area contributed by atoms with Crippen LogP contribution < -0.4 is 10.2 Å². The Kier molecular flexibility index (Phi) is 8.40. The summed E-state index contributed by atoms with van der Waals surface area (Å²) in [6.07, 6.45) is 6.39. The zero-order valence-electron chi connectivity index (χ0n) is 21.9. The molecular formula is C28H35FN4O4S. The van der Waals surface area contributed by atoms with Crippen LogP contribution in [0.3, 0.4) is 0 Å². The van der Waals surface area contributed by atoms with Gasteiger partial charge in [-0.15, -0.1) is 0 Å². The zero-order chi connectivity index (χ0) is 27.5. The molecule has 1 amide bonds. The summed E-state index contributed by atoms with van der Waals surface area (Å²) in [6, 6.07) is 16.2. The number of benzene rings is 2. The Bertz CT molecular complexity index is 1300.